The monoisotopic (exact) mass is 323 g/mol. The summed E-state index contributed by atoms with van der Waals surface area (Å²) in [5.74, 6) is -0.464. The Morgan fingerprint density at radius 2 is 2.06 bits per heavy atom. The SMILES string of the molecule is O=C1COCCN1c1ccc(Br)cc1C(F)(F)F. The molecule has 2 rings (SSSR count). The number of hydrogen-bond donors (Lipinski definition) is 0. The number of nitrogens with zero attached hydrogens (tertiary/aromatic N) is 1. The molecule has 0 unspecified atom stereocenters. The third kappa shape index (κ3) is 2.67. The molecule has 1 saturated heterocycles. The second kappa shape index (κ2) is 4.89. The second-order valence-corrected chi connectivity index (χ2v) is 4.67. The summed E-state index contributed by atoms with van der Waals surface area (Å²) in [6.07, 6.45) is -4.50. The lowest BCUT2D eigenvalue weighted by Crippen LogP contribution is -2.42. The maximum atomic E-state index is 12.9. The summed E-state index contributed by atoms with van der Waals surface area (Å²) in [6, 6.07) is 3.74. The summed E-state index contributed by atoms with van der Waals surface area (Å²) in [4.78, 5) is 12.7. The van der Waals surface area contributed by atoms with E-state index in [-0.39, 0.29) is 25.4 Å². The lowest BCUT2D eigenvalue weighted by molar-refractivity contribution is -0.137. The summed E-state index contributed by atoms with van der Waals surface area (Å²) in [6.45, 7) is 0.177. The van der Waals surface area contributed by atoms with E-state index in [1.165, 1.54) is 12.1 Å². The first kappa shape index (κ1) is 13.4. The quantitative estimate of drug-likeness (QED) is 0.795. The zero-order valence-electron chi connectivity index (χ0n) is 9.13. The second-order valence-electron chi connectivity index (χ2n) is 3.76. The van der Waals surface area contributed by atoms with E-state index in [0.717, 1.165) is 11.0 Å². The van der Waals surface area contributed by atoms with Crippen molar-refractivity contribution in [3.05, 3.63) is 28.2 Å². The van der Waals surface area contributed by atoms with Crippen LogP contribution in [0.4, 0.5) is 18.9 Å². The smallest absolute Gasteiger partial charge is 0.370 e. The lowest BCUT2D eigenvalue weighted by Gasteiger charge is -2.29. The van der Waals surface area contributed by atoms with Gasteiger partial charge in [-0.15, -0.1) is 0 Å². The van der Waals surface area contributed by atoms with Gasteiger partial charge in [-0.3, -0.25) is 4.79 Å². The van der Waals surface area contributed by atoms with Crippen molar-refractivity contribution < 1.29 is 22.7 Å². The number of alkyl halides is 3. The van der Waals surface area contributed by atoms with Crippen LogP contribution in [0.3, 0.4) is 0 Å². The molecule has 0 bridgehead atoms. The molecule has 3 nitrogen and oxygen atoms in total. The lowest BCUT2D eigenvalue weighted by atomic mass is 10.1. The predicted octanol–water partition coefficient (Wildman–Crippen LogP) is 2.83. The fourth-order valence-electron chi connectivity index (χ4n) is 1.74. The predicted molar refractivity (Wildman–Crippen MR) is 62.3 cm³/mol. The molecule has 1 aromatic rings. The van der Waals surface area contributed by atoms with E-state index in [2.05, 4.69) is 15.9 Å². The molecule has 0 saturated carbocycles. The van der Waals surface area contributed by atoms with Crippen molar-refractivity contribution >= 4 is 27.5 Å². The third-order valence-electron chi connectivity index (χ3n) is 2.54. The van der Waals surface area contributed by atoms with Crippen LogP contribution < -0.4 is 4.90 Å². The molecule has 1 aliphatic heterocycles. The number of ether oxygens (including phenoxy) is 1. The van der Waals surface area contributed by atoms with Gasteiger partial charge in [0, 0.05) is 11.0 Å². The zero-order valence-corrected chi connectivity index (χ0v) is 10.7. The molecule has 0 atom stereocenters. The van der Waals surface area contributed by atoms with Gasteiger partial charge in [-0.2, -0.15) is 13.2 Å². The molecule has 0 spiro atoms. The van der Waals surface area contributed by atoms with Crippen molar-refractivity contribution in [1.29, 1.82) is 0 Å². The minimum Gasteiger partial charge on any atom is -0.370 e. The van der Waals surface area contributed by atoms with Gasteiger partial charge in [0.2, 0.25) is 0 Å². The Bertz CT molecular complexity index is 476. The van der Waals surface area contributed by atoms with E-state index in [4.69, 9.17) is 4.74 Å². The van der Waals surface area contributed by atoms with Crippen molar-refractivity contribution in [2.24, 2.45) is 0 Å². The maximum Gasteiger partial charge on any atom is 0.418 e. The van der Waals surface area contributed by atoms with E-state index in [1.807, 2.05) is 0 Å². The van der Waals surface area contributed by atoms with Crippen LogP contribution in [0.5, 0.6) is 0 Å². The number of halogens is 4. The Kier molecular flexibility index (Phi) is 3.63. The average Bonchev–Trinajstić information content (AvgIpc) is 2.29. The molecule has 18 heavy (non-hydrogen) atoms. The summed E-state index contributed by atoms with van der Waals surface area (Å²) < 4.78 is 44.0. The van der Waals surface area contributed by atoms with Gasteiger partial charge in [0.05, 0.1) is 17.9 Å². The van der Waals surface area contributed by atoms with Gasteiger partial charge >= 0.3 is 6.18 Å². The van der Waals surface area contributed by atoms with Crippen LogP contribution in [0, 0.1) is 0 Å². The molecule has 1 aromatic carbocycles. The molecule has 0 N–H and O–H groups in total. The first-order valence-electron chi connectivity index (χ1n) is 5.14. The average molecular weight is 324 g/mol. The fraction of sp³-hybridized carbons (Fsp3) is 0.364. The van der Waals surface area contributed by atoms with Crippen LogP contribution in [0.15, 0.2) is 22.7 Å². The van der Waals surface area contributed by atoms with Gasteiger partial charge in [-0.1, -0.05) is 15.9 Å². The van der Waals surface area contributed by atoms with E-state index in [0.29, 0.717) is 4.47 Å². The summed E-state index contributed by atoms with van der Waals surface area (Å²) in [5.41, 5.74) is -0.953. The Morgan fingerprint density at radius 3 is 2.67 bits per heavy atom. The van der Waals surface area contributed by atoms with Crippen molar-refractivity contribution in [3.8, 4) is 0 Å². The molecule has 1 aliphatic rings. The van der Waals surface area contributed by atoms with Crippen molar-refractivity contribution in [1.82, 2.24) is 0 Å². The van der Waals surface area contributed by atoms with Crippen LogP contribution in [0.1, 0.15) is 5.56 Å². The molecular formula is C11H9BrF3NO2. The molecular weight excluding hydrogens is 315 g/mol. The maximum absolute atomic E-state index is 12.9. The zero-order chi connectivity index (χ0) is 13.3. The molecule has 0 aromatic heterocycles. The van der Waals surface area contributed by atoms with Crippen LogP contribution in [0.2, 0.25) is 0 Å². The number of benzene rings is 1. The Morgan fingerprint density at radius 1 is 1.33 bits per heavy atom. The molecule has 98 valence electrons. The standard InChI is InChI=1S/C11H9BrF3NO2/c12-7-1-2-9(8(5-7)11(13,14)15)16-3-4-18-6-10(16)17/h1-2,5H,3-4,6H2. The van der Waals surface area contributed by atoms with Crippen LogP contribution in [-0.4, -0.2) is 25.7 Å². The minimum atomic E-state index is -4.50. The highest BCUT2D eigenvalue weighted by molar-refractivity contribution is 9.10. The number of hydrogen-bond acceptors (Lipinski definition) is 2. The highest BCUT2D eigenvalue weighted by Gasteiger charge is 2.36. The van der Waals surface area contributed by atoms with Gasteiger partial charge in [0.1, 0.15) is 6.61 Å². The van der Waals surface area contributed by atoms with E-state index >= 15 is 0 Å². The van der Waals surface area contributed by atoms with E-state index < -0.39 is 17.6 Å². The number of amides is 1. The van der Waals surface area contributed by atoms with Crippen LogP contribution >= 0.6 is 15.9 Å². The van der Waals surface area contributed by atoms with Crippen LogP contribution in [0.25, 0.3) is 0 Å². The molecule has 0 radical (unpaired) electrons. The number of morpholine rings is 1. The minimum absolute atomic E-state index is 0.126. The molecule has 1 fully saturated rings. The number of carbonyl (C=O) groups excluding carboxylic acids is 1. The number of rotatable bonds is 1. The summed E-state index contributed by atoms with van der Waals surface area (Å²) in [7, 11) is 0. The molecule has 1 heterocycles. The van der Waals surface area contributed by atoms with Gasteiger partial charge in [-0.25, -0.2) is 0 Å². The van der Waals surface area contributed by atoms with Crippen molar-refractivity contribution in [2.75, 3.05) is 24.7 Å². The molecule has 1 amide bonds. The fourth-order valence-corrected chi connectivity index (χ4v) is 2.10. The number of carbonyl (C=O) groups is 1. The van der Waals surface area contributed by atoms with E-state index in [9.17, 15) is 18.0 Å². The topological polar surface area (TPSA) is 29.5 Å². The Balaban J connectivity index is 2.46. The highest BCUT2D eigenvalue weighted by atomic mass is 79.9. The summed E-state index contributed by atoms with van der Waals surface area (Å²) >= 11 is 3.00. The van der Waals surface area contributed by atoms with Gasteiger partial charge in [0.15, 0.2) is 0 Å². The van der Waals surface area contributed by atoms with Gasteiger partial charge < -0.3 is 9.64 Å². The largest absolute Gasteiger partial charge is 0.418 e. The third-order valence-corrected chi connectivity index (χ3v) is 3.03. The number of anilines is 1. The van der Waals surface area contributed by atoms with Gasteiger partial charge in [-0.05, 0) is 18.2 Å². The Labute approximate surface area is 110 Å². The molecule has 0 aliphatic carbocycles. The van der Waals surface area contributed by atoms with Gasteiger partial charge in [0.25, 0.3) is 5.91 Å². The first-order valence-corrected chi connectivity index (χ1v) is 5.94. The highest BCUT2D eigenvalue weighted by Crippen LogP contribution is 2.38. The van der Waals surface area contributed by atoms with Crippen molar-refractivity contribution in [2.45, 2.75) is 6.18 Å². The van der Waals surface area contributed by atoms with Crippen molar-refractivity contribution in [3.63, 3.8) is 0 Å². The van der Waals surface area contributed by atoms with E-state index in [1.54, 1.807) is 0 Å². The normalized spacial score (nSPS) is 17.1. The molecule has 7 heteroatoms. The Hall–Kier alpha value is -1.08. The van der Waals surface area contributed by atoms with Crippen LogP contribution in [-0.2, 0) is 15.7 Å². The first-order chi connectivity index (χ1) is 8.39. The summed E-state index contributed by atoms with van der Waals surface area (Å²) in [5, 5.41) is 0.